The van der Waals surface area contributed by atoms with Crippen molar-refractivity contribution < 1.29 is 5.11 Å². The summed E-state index contributed by atoms with van der Waals surface area (Å²) in [5, 5.41) is 13.5. The molecule has 96 valence electrons. The van der Waals surface area contributed by atoms with Crippen LogP contribution in [0.2, 0.25) is 0 Å². The maximum Gasteiger partial charge on any atom is 0.120 e. The molecule has 2 bridgehead atoms. The Kier molecular flexibility index (Phi) is 2.25. The Labute approximate surface area is 108 Å². The van der Waals surface area contributed by atoms with E-state index in [1.54, 1.807) is 0 Å². The number of hydrogen-bond acceptors (Lipinski definition) is 2. The first-order valence-electron chi connectivity index (χ1n) is 7.26. The zero-order chi connectivity index (χ0) is 12.3. The van der Waals surface area contributed by atoms with E-state index >= 15 is 0 Å². The van der Waals surface area contributed by atoms with E-state index in [0.717, 1.165) is 41.8 Å². The zero-order valence-electron chi connectivity index (χ0n) is 10.9. The van der Waals surface area contributed by atoms with Crippen molar-refractivity contribution in [2.24, 2.45) is 23.7 Å². The van der Waals surface area contributed by atoms with E-state index in [4.69, 9.17) is 0 Å². The Morgan fingerprint density at radius 1 is 1.22 bits per heavy atom. The first-order chi connectivity index (χ1) is 8.74. The molecular weight excluding hydrogens is 222 g/mol. The van der Waals surface area contributed by atoms with Gasteiger partial charge in [-0.1, -0.05) is 17.7 Å². The molecule has 4 unspecified atom stereocenters. The van der Waals surface area contributed by atoms with Gasteiger partial charge in [-0.2, -0.15) is 0 Å². The summed E-state index contributed by atoms with van der Waals surface area (Å²) < 4.78 is 0. The minimum Gasteiger partial charge on any atom is -0.508 e. The highest BCUT2D eigenvalue weighted by Gasteiger charge is 2.64. The number of hydrogen-bond donors (Lipinski definition) is 2. The second-order valence-electron chi connectivity index (χ2n) is 6.53. The maximum atomic E-state index is 9.85. The van der Waals surface area contributed by atoms with E-state index in [2.05, 4.69) is 18.3 Å². The van der Waals surface area contributed by atoms with Crippen LogP contribution in [0.3, 0.4) is 0 Å². The predicted octanol–water partition coefficient (Wildman–Crippen LogP) is 2.83. The first-order valence-corrected chi connectivity index (χ1v) is 7.26. The van der Waals surface area contributed by atoms with Crippen LogP contribution in [0.15, 0.2) is 18.2 Å². The van der Waals surface area contributed by atoms with Gasteiger partial charge >= 0.3 is 0 Å². The molecular formula is C16H21NO. The highest BCUT2D eigenvalue weighted by atomic mass is 16.3. The van der Waals surface area contributed by atoms with Gasteiger partial charge in [-0.15, -0.1) is 0 Å². The van der Waals surface area contributed by atoms with E-state index in [-0.39, 0.29) is 0 Å². The van der Waals surface area contributed by atoms with Gasteiger partial charge in [0.2, 0.25) is 0 Å². The molecule has 0 aliphatic heterocycles. The van der Waals surface area contributed by atoms with Crippen LogP contribution in [0, 0.1) is 30.6 Å². The molecule has 3 aliphatic carbocycles. The molecule has 2 N–H and O–H groups in total. The third-order valence-electron chi connectivity index (χ3n) is 5.50. The van der Waals surface area contributed by atoms with Crippen LogP contribution in [-0.2, 0) is 6.54 Å². The van der Waals surface area contributed by atoms with Crippen LogP contribution in [0.25, 0.3) is 0 Å². The standard InChI is InChI=1S/C16H21NO/c1-9-2-5-13(18)12(6-9)8-17-16-14-10-3-4-11(7-10)15(14)16/h2,5-6,10-11,14-18H,3-4,7-8H2,1H3. The van der Waals surface area contributed by atoms with Gasteiger partial charge in [0, 0.05) is 18.2 Å². The number of phenolic OH excluding ortho intramolecular Hbond substituents is 1. The van der Waals surface area contributed by atoms with Crippen molar-refractivity contribution in [3.05, 3.63) is 29.3 Å². The van der Waals surface area contributed by atoms with E-state index in [1.807, 2.05) is 12.1 Å². The lowest BCUT2D eigenvalue weighted by molar-refractivity contribution is 0.445. The average molecular weight is 243 g/mol. The minimum absolute atomic E-state index is 0.432. The second kappa shape index (κ2) is 3.74. The Balaban J connectivity index is 1.41. The van der Waals surface area contributed by atoms with Crippen molar-refractivity contribution in [3.63, 3.8) is 0 Å². The van der Waals surface area contributed by atoms with Crippen molar-refractivity contribution >= 4 is 0 Å². The van der Waals surface area contributed by atoms with Gasteiger partial charge in [-0.25, -0.2) is 0 Å². The summed E-state index contributed by atoms with van der Waals surface area (Å²) in [6, 6.07) is 6.61. The van der Waals surface area contributed by atoms with Gasteiger partial charge in [-0.3, -0.25) is 0 Å². The molecule has 4 rings (SSSR count). The quantitative estimate of drug-likeness (QED) is 0.855. The second-order valence-corrected chi connectivity index (χ2v) is 6.53. The van der Waals surface area contributed by atoms with E-state index in [9.17, 15) is 5.11 Å². The average Bonchev–Trinajstić information content (AvgIpc) is 2.76. The Bertz CT molecular complexity index is 468. The molecule has 2 heteroatoms. The van der Waals surface area contributed by atoms with Crippen LogP contribution < -0.4 is 5.32 Å². The van der Waals surface area contributed by atoms with Gasteiger partial charge in [0.15, 0.2) is 0 Å². The summed E-state index contributed by atoms with van der Waals surface area (Å²) in [4.78, 5) is 0. The minimum atomic E-state index is 0.432. The van der Waals surface area contributed by atoms with Crippen LogP contribution in [0.5, 0.6) is 5.75 Å². The van der Waals surface area contributed by atoms with Crippen LogP contribution in [0.1, 0.15) is 30.4 Å². The molecule has 1 aromatic rings. The predicted molar refractivity (Wildman–Crippen MR) is 71.3 cm³/mol. The molecule has 0 spiro atoms. The van der Waals surface area contributed by atoms with Crippen molar-refractivity contribution in [2.45, 2.75) is 38.8 Å². The number of aryl methyl sites for hydroxylation is 1. The van der Waals surface area contributed by atoms with E-state index in [0.29, 0.717) is 5.75 Å². The first kappa shape index (κ1) is 10.9. The summed E-state index contributed by atoms with van der Waals surface area (Å²) in [5.41, 5.74) is 2.27. The van der Waals surface area contributed by atoms with Crippen molar-refractivity contribution in [1.29, 1.82) is 0 Å². The van der Waals surface area contributed by atoms with Crippen LogP contribution >= 0.6 is 0 Å². The lowest BCUT2D eigenvalue weighted by Crippen LogP contribution is -2.22. The normalized spacial score (nSPS) is 39.9. The van der Waals surface area contributed by atoms with Gasteiger partial charge in [0.25, 0.3) is 0 Å². The highest BCUT2D eigenvalue weighted by molar-refractivity contribution is 5.35. The van der Waals surface area contributed by atoms with Gasteiger partial charge in [0.05, 0.1) is 0 Å². The van der Waals surface area contributed by atoms with Gasteiger partial charge < -0.3 is 10.4 Å². The Hall–Kier alpha value is -1.02. The summed E-state index contributed by atoms with van der Waals surface area (Å²) in [7, 11) is 0. The van der Waals surface area contributed by atoms with Crippen molar-refractivity contribution in [3.8, 4) is 5.75 Å². The molecule has 3 saturated carbocycles. The number of aromatic hydroxyl groups is 1. The van der Waals surface area contributed by atoms with Crippen LogP contribution in [0.4, 0.5) is 0 Å². The summed E-state index contributed by atoms with van der Waals surface area (Å²) in [6.45, 7) is 2.90. The Morgan fingerprint density at radius 2 is 1.94 bits per heavy atom. The number of phenols is 1. The van der Waals surface area contributed by atoms with Gasteiger partial charge in [-0.05, 0) is 55.9 Å². The molecule has 0 saturated heterocycles. The fourth-order valence-electron chi connectivity index (χ4n) is 4.68. The molecule has 1 aromatic carbocycles. The number of fused-ring (bicyclic) bond motifs is 5. The third kappa shape index (κ3) is 1.51. The lowest BCUT2D eigenvalue weighted by Gasteiger charge is -2.11. The highest BCUT2D eigenvalue weighted by Crippen LogP contribution is 2.65. The molecule has 2 nitrogen and oxygen atoms in total. The monoisotopic (exact) mass is 243 g/mol. The SMILES string of the molecule is Cc1ccc(O)c(CNC2C3C4CCC(C4)C23)c1. The molecule has 3 fully saturated rings. The molecule has 0 radical (unpaired) electrons. The number of rotatable bonds is 3. The molecule has 18 heavy (non-hydrogen) atoms. The maximum absolute atomic E-state index is 9.85. The fourth-order valence-corrected chi connectivity index (χ4v) is 4.68. The van der Waals surface area contributed by atoms with Crippen molar-refractivity contribution in [2.75, 3.05) is 0 Å². The molecule has 0 amide bonds. The summed E-state index contributed by atoms with van der Waals surface area (Å²) in [6.07, 6.45) is 4.45. The smallest absolute Gasteiger partial charge is 0.120 e. The molecule has 0 heterocycles. The number of nitrogens with one attached hydrogen (secondary N) is 1. The summed E-state index contributed by atoms with van der Waals surface area (Å²) >= 11 is 0. The molecule has 4 atom stereocenters. The lowest BCUT2D eigenvalue weighted by atomic mass is 10.0. The zero-order valence-corrected chi connectivity index (χ0v) is 10.9. The van der Waals surface area contributed by atoms with Crippen LogP contribution in [-0.4, -0.2) is 11.1 Å². The number of benzene rings is 1. The summed E-state index contributed by atoms with van der Waals surface area (Å²) in [5.74, 6) is 4.40. The van der Waals surface area contributed by atoms with Crippen molar-refractivity contribution in [1.82, 2.24) is 5.32 Å². The molecule has 3 aliphatic rings. The van der Waals surface area contributed by atoms with E-state index in [1.165, 1.54) is 24.8 Å². The fraction of sp³-hybridized carbons (Fsp3) is 0.625. The Morgan fingerprint density at radius 3 is 2.67 bits per heavy atom. The third-order valence-corrected chi connectivity index (χ3v) is 5.50. The largest absolute Gasteiger partial charge is 0.508 e. The van der Waals surface area contributed by atoms with E-state index < -0.39 is 0 Å². The topological polar surface area (TPSA) is 32.3 Å². The van der Waals surface area contributed by atoms with Gasteiger partial charge in [0.1, 0.15) is 5.75 Å². The molecule has 0 aromatic heterocycles.